The Labute approximate surface area is 93.5 Å². The Kier molecular flexibility index (Phi) is 3.68. The normalized spacial score (nSPS) is 34.8. The van der Waals surface area contributed by atoms with Crippen LogP contribution in [0.4, 0.5) is 0 Å². The van der Waals surface area contributed by atoms with E-state index in [4.69, 9.17) is 0 Å². The van der Waals surface area contributed by atoms with Crippen LogP contribution in [-0.2, 0) is 0 Å². The molecule has 0 saturated heterocycles. The Morgan fingerprint density at radius 1 is 1.20 bits per heavy atom. The van der Waals surface area contributed by atoms with Crippen molar-refractivity contribution < 1.29 is 5.11 Å². The number of rotatable bonds is 4. The lowest BCUT2D eigenvalue weighted by molar-refractivity contribution is -0.0342. The second kappa shape index (κ2) is 4.84. The summed E-state index contributed by atoms with van der Waals surface area (Å²) in [6.45, 7) is 3.13. The summed E-state index contributed by atoms with van der Waals surface area (Å²) in [4.78, 5) is 0. The summed E-state index contributed by atoms with van der Waals surface area (Å²) in [5, 5.41) is 13.5. The molecule has 2 heteroatoms. The number of hydrogen-bond donors (Lipinski definition) is 2. The van der Waals surface area contributed by atoms with Crippen molar-refractivity contribution in [3.8, 4) is 0 Å². The van der Waals surface area contributed by atoms with Crippen molar-refractivity contribution >= 4 is 0 Å². The molecule has 2 aliphatic carbocycles. The van der Waals surface area contributed by atoms with Crippen LogP contribution in [-0.4, -0.2) is 23.3 Å². The van der Waals surface area contributed by atoms with E-state index >= 15 is 0 Å². The van der Waals surface area contributed by atoms with Crippen LogP contribution in [0.2, 0.25) is 0 Å². The second-order valence-electron chi connectivity index (χ2n) is 5.58. The third kappa shape index (κ3) is 2.94. The van der Waals surface area contributed by atoms with Gasteiger partial charge in [0.1, 0.15) is 0 Å². The maximum atomic E-state index is 9.98. The number of aliphatic hydroxyl groups is 1. The molecule has 88 valence electrons. The molecule has 0 aromatic carbocycles. The highest BCUT2D eigenvalue weighted by atomic mass is 16.3. The summed E-state index contributed by atoms with van der Waals surface area (Å²) < 4.78 is 0. The molecule has 0 unspecified atom stereocenters. The number of nitrogens with one attached hydrogen (secondary N) is 1. The van der Waals surface area contributed by atoms with Crippen LogP contribution >= 0.6 is 0 Å². The fourth-order valence-electron chi connectivity index (χ4n) is 2.87. The summed E-state index contributed by atoms with van der Waals surface area (Å²) in [6.07, 6.45) is 9.95. The Morgan fingerprint density at radius 3 is 2.33 bits per heavy atom. The van der Waals surface area contributed by atoms with Crippen molar-refractivity contribution in [1.82, 2.24) is 5.32 Å². The van der Waals surface area contributed by atoms with E-state index in [-0.39, 0.29) is 5.60 Å². The van der Waals surface area contributed by atoms with E-state index in [0.29, 0.717) is 6.04 Å². The van der Waals surface area contributed by atoms with E-state index in [9.17, 15) is 5.11 Å². The van der Waals surface area contributed by atoms with Gasteiger partial charge in [0.25, 0.3) is 0 Å². The van der Waals surface area contributed by atoms with Gasteiger partial charge in [0.15, 0.2) is 0 Å². The predicted octanol–water partition coefficient (Wildman–Crippen LogP) is 2.46. The smallest absolute Gasteiger partial charge is 0.0771 e. The predicted molar refractivity (Wildman–Crippen MR) is 62.8 cm³/mol. The fraction of sp³-hybridized carbons (Fsp3) is 1.00. The van der Waals surface area contributed by atoms with Gasteiger partial charge in [-0.1, -0.05) is 13.3 Å². The zero-order valence-corrected chi connectivity index (χ0v) is 9.97. The lowest BCUT2D eigenvalue weighted by atomic mass is 9.79. The molecule has 0 aromatic rings. The highest BCUT2D eigenvalue weighted by Crippen LogP contribution is 2.32. The van der Waals surface area contributed by atoms with Gasteiger partial charge in [0.2, 0.25) is 0 Å². The molecular formula is C13H25NO. The van der Waals surface area contributed by atoms with E-state index in [1.165, 1.54) is 38.5 Å². The van der Waals surface area contributed by atoms with Crippen molar-refractivity contribution in [2.24, 2.45) is 5.92 Å². The van der Waals surface area contributed by atoms with Crippen molar-refractivity contribution in [3.63, 3.8) is 0 Å². The third-order valence-corrected chi connectivity index (χ3v) is 4.43. The fourth-order valence-corrected chi connectivity index (χ4v) is 2.87. The molecule has 15 heavy (non-hydrogen) atoms. The molecule has 2 aliphatic rings. The van der Waals surface area contributed by atoms with Gasteiger partial charge in [-0.25, -0.2) is 0 Å². The molecule has 0 amide bonds. The summed E-state index contributed by atoms with van der Waals surface area (Å²) in [5.41, 5.74) is -0.346. The minimum atomic E-state index is -0.346. The SMILES string of the molecule is CCC1CCC(NCC2(O)CCC2)CC1. The summed E-state index contributed by atoms with van der Waals surface area (Å²) in [6, 6.07) is 0.678. The first kappa shape index (κ1) is 11.4. The molecule has 2 fully saturated rings. The van der Waals surface area contributed by atoms with Crippen LogP contribution in [0.1, 0.15) is 58.3 Å². The summed E-state index contributed by atoms with van der Waals surface area (Å²) in [5.74, 6) is 0.967. The standard InChI is InChI=1S/C13H25NO/c1-2-11-4-6-12(7-5-11)14-10-13(15)8-3-9-13/h11-12,14-15H,2-10H2,1H3. The molecule has 0 heterocycles. The molecule has 2 rings (SSSR count). The summed E-state index contributed by atoms with van der Waals surface area (Å²) in [7, 11) is 0. The van der Waals surface area contributed by atoms with Gasteiger partial charge in [-0.3, -0.25) is 0 Å². The molecule has 0 radical (unpaired) electrons. The van der Waals surface area contributed by atoms with Crippen molar-refractivity contribution in [2.75, 3.05) is 6.54 Å². The van der Waals surface area contributed by atoms with Crippen LogP contribution in [0, 0.1) is 5.92 Å². The quantitative estimate of drug-likeness (QED) is 0.748. The molecule has 2 nitrogen and oxygen atoms in total. The zero-order valence-electron chi connectivity index (χ0n) is 9.97. The van der Waals surface area contributed by atoms with Crippen molar-refractivity contribution in [2.45, 2.75) is 69.9 Å². The zero-order chi connectivity index (χ0) is 10.7. The highest BCUT2D eigenvalue weighted by Gasteiger charge is 2.34. The van der Waals surface area contributed by atoms with Gasteiger partial charge in [-0.05, 0) is 50.9 Å². The van der Waals surface area contributed by atoms with Gasteiger partial charge in [-0.2, -0.15) is 0 Å². The van der Waals surface area contributed by atoms with Crippen LogP contribution in [0.3, 0.4) is 0 Å². The van der Waals surface area contributed by atoms with E-state index in [0.717, 1.165) is 25.3 Å². The van der Waals surface area contributed by atoms with Crippen LogP contribution < -0.4 is 5.32 Å². The van der Waals surface area contributed by atoms with Gasteiger partial charge < -0.3 is 10.4 Å². The van der Waals surface area contributed by atoms with E-state index in [1.807, 2.05) is 0 Å². The van der Waals surface area contributed by atoms with Crippen molar-refractivity contribution in [3.05, 3.63) is 0 Å². The Morgan fingerprint density at radius 2 is 1.87 bits per heavy atom. The Bertz CT molecular complexity index is 193. The minimum Gasteiger partial charge on any atom is -0.389 e. The second-order valence-corrected chi connectivity index (χ2v) is 5.58. The van der Waals surface area contributed by atoms with Crippen molar-refractivity contribution in [1.29, 1.82) is 0 Å². The number of hydrogen-bond acceptors (Lipinski definition) is 2. The maximum absolute atomic E-state index is 9.98. The van der Waals surface area contributed by atoms with Gasteiger partial charge >= 0.3 is 0 Å². The Balaban J connectivity index is 1.64. The third-order valence-electron chi connectivity index (χ3n) is 4.43. The van der Waals surface area contributed by atoms with Gasteiger partial charge in [0, 0.05) is 12.6 Å². The van der Waals surface area contributed by atoms with Crippen LogP contribution in [0.5, 0.6) is 0 Å². The lowest BCUT2D eigenvalue weighted by Gasteiger charge is -2.39. The van der Waals surface area contributed by atoms with Crippen LogP contribution in [0.15, 0.2) is 0 Å². The van der Waals surface area contributed by atoms with E-state index in [1.54, 1.807) is 0 Å². The maximum Gasteiger partial charge on any atom is 0.0771 e. The first-order chi connectivity index (χ1) is 7.22. The van der Waals surface area contributed by atoms with E-state index < -0.39 is 0 Å². The molecule has 0 aliphatic heterocycles. The minimum absolute atomic E-state index is 0.346. The molecule has 2 saturated carbocycles. The molecule has 0 aromatic heterocycles. The average Bonchev–Trinajstić information content (AvgIpc) is 2.24. The Hall–Kier alpha value is -0.0800. The molecule has 2 N–H and O–H groups in total. The first-order valence-corrected chi connectivity index (χ1v) is 6.67. The molecule has 0 bridgehead atoms. The largest absolute Gasteiger partial charge is 0.389 e. The molecule has 0 atom stereocenters. The lowest BCUT2D eigenvalue weighted by Crippen LogP contribution is -2.49. The van der Waals surface area contributed by atoms with Gasteiger partial charge in [-0.15, -0.1) is 0 Å². The summed E-state index contributed by atoms with van der Waals surface area (Å²) >= 11 is 0. The van der Waals surface area contributed by atoms with Crippen LogP contribution in [0.25, 0.3) is 0 Å². The average molecular weight is 211 g/mol. The monoisotopic (exact) mass is 211 g/mol. The topological polar surface area (TPSA) is 32.3 Å². The van der Waals surface area contributed by atoms with Gasteiger partial charge in [0.05, 0.1) is 5.60 Å². The molecule has 0 spiro atoms. The molecular weight excluding hydrogens is 186 g/mol. The first-order valence-electron chi connectivity index (χ1n) is 6.67. The van der Waals surface area contributed by atoms with E-state index in [2.05, 4.69) is 12.2 Å². The highest BCUT2D eigenvalue weighted by molar-refractivity contribution is 4.91.